The minimum absolute atomic E-state index is 0.000666. The minimum atomic E-state index is -4.53. The predicted octanol–water partition coefficient (Wildman–Crippen LogP) is 2.53. The Morgan fingerprint density at radius 2 is 1.93 bits per heavy atom. The number of carbonyl (C=O) groups excluding carboxylic acids is 1. The standard InChI is InChI=1S/C19H24N2O6S2/c1-6-19(5,29(25,26)27)17-13(9-20-21-17)16(22)12-7-8-14-15(11(12)2)18(3,4)10-28(14,23)24/h7-9H,6,10H2,1-5H3,(H,20,21)(H,25,26,27). The number of benzene rings is 1. The number of sulfone groups is 1. The molecule has 0 spiro atoms. The number of rotatable bonds is 5. The van der Waals surface area contributed by atoms with Gasteiger partial charge in [0.1, 0.15) is 4.75 Å². The molecule has 0 amide bonds. The monoisotopic (exact) mass is 440 g/mol. The summed E-state index contributed by atoms with van der Waals surface area (Å²) in [5, 5.41) is 6.38. The SMILES string of the molecule is CCC(C)(c1[nH]ncc1C(=O)c1ccc2c(c1C)C(C)(C)CS2(=O)=O)S(=O)(=O)O. The van der Waals surface area contributed by atoms with Gasteiger partial charge in [0.2, 0.25) is 0 Å². The van der Waals surface area contributed by atoms with Crippen LogP contribution in [0.15, 0.2) is 23.2 Å². The first-order chi connectivity index (χ1) is 13.2. The Balaban J connectivity index is 2.21. The molecule has 2 heterocycles. The summed E-state index contributed by atoms with van der Waals surface area (Å²) in [5.41, 5.74) is 0.774. The van der Waals surface area contributed by atoms with Gasteiger partial charge >= 0.3 is 0 Å². The van der Waals surface area contributed by atoms with Crippen molar-refractivity contribution in [3.8, 4) is 0 Å². The van der Waals surface area contributed by atoms with Crippen molar-refractivity contribution in [2.45, 2.75) is 56.1 Å². The number of fused-ring (bicyclic) bond motifs is 1. The summed E-state index contributed by atoms with van der Waals surface area (Å²) in [4.78, 5) is 13.5. The molecule has 1 aromatic heterocycles. The third-order valence-corrected chi connectivity index (χ3v) is 9.63. The molecule has 1 atom stereocenters. The zero-order valence-corrected chi connectivity index (χ0v) is 18.5. The molecule has 29 heavy (non-hydrogen) atoms. The number of carbonyl (C=O) groups is 1. The van der Waals surface area contributed by atoms with Crippen molar-refractivity contribution >= 4 is 25.7 Å². The van der Waals surface area contributed by atoms with E-state index in [2.05, 4.69) is 10.2 Å². The Hall–Kier alpha value is -2.04. The lowest BCUT2D eigenvalue weighted by Crippen LogP contribution is -2.33. The Morgan fingerprint density at radius 3 is 2.48 bits per heavy atom. The lowest BCUT2D eigenvalue weighted by Gasteiger charge is -2.24. The third kappa shape index (κ3) is 3.13. The van der Waals surface area contributed by atoms with Crippen LogP contribution in [0.1, 0.15) is 66.9 Å². The molecule has 0 fully saturated rings. The predicted molar refractivity (Wildman–Crippen MR) is 107 cm³/mol. The number of hydrogen-bond acceptors (Lipinski definition) is 6. The van der Waals surface area contributed by atoms with E-state index in [-0.39, 0.29) is 33.9 Å². The van der Waals surface area contributed by atoms with E-state index < -0.39 is 35.9 Å². The van der Waals surface area contributed by atoms with Gasteiger partial charge in [0.25, 0.3) is 10.1 Å². The molecule has 1 unspecified atom stereocenters. The highest BCUT2D eigenvalue weighted by atomic mass is 32.2. The minimum Gasteiger partial charge on any atom is -0.288 e. The second-order valence-corrected chi connectivity index (χ2v) is 12.1. The van der Waals surface area contributed by atoms with E-state index in [0.717, 1.165) is 0 Å². The van der Waals surface area contributed by atoms with Gasteiger partial charge in [-0.1, -0.05) is 20.8 Å². The average Bonchev–Trinajstić information content (AvgIpc) is 3.14. The van der Waals surface area contributed by atoms with Crippen LogP contribution >= 0.6 is 0 Å². The van der Waals surface area contributed by atoms with E-state index in [1.54, 1.807) is 13.8 Å². The van der Waals surface area contributed by atoms with Gasteiger partial charge in [-0.25, -0.2) is 8.42 Å². The molecule has 1 aliphatic heterocycles. The van der Waals surface area contributed by atoms with Gasteiger partial charge in [-0.05, 0) is 43.5 Å². The molecule has 1 aliphatic rings. The van der Waals surface area contributed by atoms with Crippen molar-refractivity contribution in [2.24, 2.45) is 0 Å². The topological polar surface area (TPSA) is 134 Å². The van der Waals surface area contributed by atoms with E-state index in [1.165, 1.54) is 25.3 Å². The third-order valence-electron chi connectivity index (χ3n) is 5.89. The molecule has 0 aliphatic carbocycles. The molecular formula is C19H24N2O6S2. The van der Waals surface area contributed by atoms with E-state index in [4.69, 9.17) is 0 Å². The second-order valence-electron chi connectivity index (χ2n) is 8.30. The molecular weight excluding hydrogens is 416 g/mol. The number of aromatic amines is 1. The molecule has 158 valence electrons. The Morgan fingerprint density at radius 1 is 1.31 bits per heavy atom. The van der Waals surface area contributed by atoms with Crippen LogP contribution < -0.4 is 0 Å². The fourth-order valence-corrected chi connectivity index (χ4v) is 7.20. The highest BCUT2D eigenvalue weighted by Crippen LogP contribution is 2.43. The number of nitrogens with one attached hydrogen (secondary N) is 1. The molecule has 8 nitrogen and oxygen atoms in total. The average molecular weight is 441 g/mol. The van der Waals surface area contributed by atoms with Crippen LogP contribution in [0, 0.1) is 6.92 Å². The number of nitrogens with zero attached hydrogens (tertiary/aromatic N) is 1. The number of hydrogen-bond donors (Lipinski definition) is 2. The van der Waals surface area contributed by atoms with Gasteiger partial charge in [0, 0.05) is 11.0 Å². The van der Waals surface area contributed by atoms with E-state index in [0.29, 0.717) is 11.1 Å². The highest BCUT2D eigenvalue weighted by Gasteiger charge is 2.44. The maximum Gasteiger partial charge on any atom is 0.276 e. The second kappa shape index (κ2) is 6.48. The lowest BCUT2D eigenvalue weighted by atomic mass is 9.81. The maximum atomic E-state index is 13.3. The van der Waals surface area contributed by atoms with Crippen molar-refractivity contribution in [1.82, 2.24) is 10.2 Å². The Labute approximate surface area is 170 Å². The fraction of sp³-hybridized carbons (Fsp3) is 0.474. The number of ketones is 1. The van der Waals surface area contributed by atoms with Gasteiger partial charge in [-0.3, -0.25) is 14.4 Å². The van der Waals surface area contributed by atoms with Gasteiger partial charge in [-0.15, -0.1) is 0 Å². The molecule has 0 saturated carbocycles. The summed E-state index contributed by atoms with van der Waals surface area (Å²) in [6.45, 7) is 8.21. The van der Waals surface area contributed by atoms with E-state index >= 15 is 0 Å². The van der Waals surface area contributed by atoms with Crippen LogP contribution in [-0.4, -0.2) is 43.1 Å². The number of aromatic nitrogens is 2. The summed E-state index contributed by atoms with van der Waals surface area (Å²) in [6.07, 6.45) is 1.24. The fourth-order valence-electron chi connectivity index (χ4n) is 4.15. The first-order valence-electron chi connectivity index (χ1n) is 9.10. The Kier molecular flexibility index (Phi) is 4.84. The summed E-state index contributed by atoms with van der Waals surface area (Å²) >= 11 is 0. The molecule has 2 N–H and O–H groups in total. The molecule has 0 radical (unpaired) electrons. The van der Waals surface area contributed by atoms with Crippen LogP contribution in [0.5, 0.6) is 0 Å². The molecule has 2 aromatic rings. The first-order valence-corrected chi connectivity index (χ1v) is 12.2. The summed E-state index contributed by atoms with van der Waals surface area (Å²) < 4.78 is 56.9. The zero-order chi connectivity index (χ0) is 22.0. The van der Waals surface area contributed by atoms with Crippen molar-refractivity contribution < 1.29 is 26.2 Å². The molecule has 3 rings (SSSR count). The maximum absolute atomic E-state index is 13.3. The van der Waals surface area contributed by atoms with Gasteiger partial charge in [0.15, 0.2) is 15.6 Å². The van der Waals surface area contributed by atoms with Crippen molar-refractivity contribution in [2.75, 3.05) is 5.75 Å². The van der Waals surface area contributed by atoms with Gasteiger partial charge < -0.3 is 0 Å². The summed E-state index contributed by atoms with van der Waals surface area (Å²) in [5.74, 6) is -0.529. The van der Waals surface area contributed by atoms with Gasteiger partial charge in [-0.2, -0.15) is 13.5 Å². The van der Waals surface area contributed by atoms with Crippen LogP contribution in [0.4, 0.5) is 0 Å². The van der Waals surface area contributed by atoms with Crippen LogP contribution in [-0.2, 0) is 30.1 Å². The normalized spacial score (nSPS) is 19.5. The largest absolute Gasteiger partial charge is 0.288 e. The first kappa shape index (κ1) is 21.7. The van der Waals surface area contributed by atoms with Crippen molar-refractivity contribution in [3.63, 3.8) is 0 Å². The molecule has 10 heteroatoms. The quantitative estimate of drug-likeness (QED) is 0.539. The van der Waals surface area contributed by atoms with Crippen LogP contribution in [0.2, 0.25) is 0 Å². The molecule has 0 bridgehead atoms. The molecule has 1 aromatic carbocycles. The van der Waals surface area contributed by atoms with Crippen LogP contribution in [0.3, 0.4) is 0 Å². The number of H-pyrrole nitrogens is 1. The molecule has 0 saturated heterocycles. The zero-order valence-electron chi connectivity index (χ0n) is 16.9. The van der Waals surface area contributed by atoms with Crippen LogP contribution in [0.25, 0.3) is 0 Å². The highest BCUT2D eigenvalue weighted by molar-refractivity contribution is 7.91. The van der Waals surface area contributed by atoms with E-state index in [9.17, 15) is 26.2 Å². The van der Waals surface area contributed by atoms with E-state index in [1.807, 2.05) is 13.8 Å². The van der Waals surface area contributed by atoms with Gasteiger partial charge in [0.05, 0.1) is 28.1 Å². The smallest absolute Gasteiger partial charge is 0.276 e. The summed E-state index contributed by atoms with van der Waals surface area (Å²) in [6, 6.07) is 2.88. The Bertz CT molecular complexity index is 1230. The van der Waals surface area contributed by atoms with Crippen molar-refractivity contribution in [3.05, 3.63) is 46.3 Å². The summed E-state index contributed by atoms with van der Waals surface area (Å²) in [7, 11) is -7.96. The lowest BCUT2D eigenvalue weighted by molar-refractivity contribution is 0.103. The van der Waals surface area contributed by atoms with Crippen molar-refractivity contribution in [1.29, 1.82) is 0 Å².